The fourth-order valence-corrected chi connectivity index (χ4v) is 2.35. The summed E-state index contributed by atoms with van der Waals surface area (Å²) in [4.78, 5) is 9.18. The van der Waals surface area contributed by atoms with Gasteiger partial charge in [0.1, 0.15) is 5.82 Å². The summed E-state index contributed by atoms with van der Waals surface area (Å²) in [5.74, 6) is 1.40. The molecule has 3 rings (SSSR count). The number of rotatable bonds is 2. The second kappa shape index (κ2) is 4.86. The lowest BCUT2D eigenvalue weighted by molar-refractivity contribution is 0.0836. The summed E-state index contributed by atoms with van der Waals surface area (Å²) >= 11 is 0. The Balaban J connectivity index is 1.97. The van der Waals surface area contributed by atoms with Crippen molar-refractivity contribution in [2.24, 2.45) is 0 Å². The van der Waals surface area contributed by atoms with Gasteiger partial charge in [0.05, 0.1) is 5.52 Å². The van der Waals surface area contributed by atoms with Gasteiger partial charge in [-0.2, -0.15) is 0 Å². The molecule has 3 heteroatoms. The van der Waals surface area contributed by atoms with Gasteiger partial charge >= 0.3 is 0 Å². The van der Waals surface area contributed by atoms with Gasteiger partial charge in [0, 0.05) is 30.7 Å². The number of hydrogen-bond donors (Lipinski definition) is 0. The van der Waals surface area contributed by atoms with E-state index >= 15 is 0 Å². The lowest BCUT2D eigenvalue weighted by Crippen LogP contribution is -2.16. The highest BCUT2D eigenvalue weighted by atomic mass is 16.5. The molecular weight excluding hydrogens is 224 g/mol. The predicted molar refractivity (Wildman–Crippen MR) is 72.4 cm³/mol. The standard InChI is InChI=1S/C15H16N2O/c1-2-11-3-4-14-13(9-11)10-16-15(17-14)12-5-7-18-8-6-12/h2-4,9-10,12H,1,5-8H2. The van der Waals surface area contributed by atoms with Crippen molar-refractivity contribution in [3.8, 4) is 0 Å². The molecule has 0 unspecified atom stereocenters. The second-order valence-corrected chi connectivity index (χ2v) is 4.64. The molecule has 3 nitrogen and oxygen atoms in total. The quantitative estimate of drug-likeness (QED) is 0.808. The van der Waals surface area contributed by atoms with Gasteiger partial charge in [0.15, 0.2) is 0 Å². The zero-order valence-electron chi connectivity index (χ0n) is 10.3. The van der Waals surface area contributed by atoms with Crippen LogP contribution in [0.3, 0.4) is 0 Å². The maximum absolute atomic E-state index is 5.37. The molecule has 1 saturated heterocycles. The van der Waals surface area contributed by atoms with Crippen LogP contribution in [-0.4, -0.2) is 23.2 Å². The van der Waals surface area contributed by atoms with E-state index in [9.17, 15) is 0 Å². The monoisotopic (exact) mass is 240 g/mol. The van der Waals surface area contributed by atoms with Gasteiger partial charge in [-0.3, -0.25) is 0 Å². The third-order valence-corrected chi connectivity index (χ3v) is 3.44. The summed E-state index contributed by atoms with van der Waals surface area (Å²) in [7, 11) is 0. The van der Waals surface area contributed by atoms with E-state index in [2.05, 4.69) is 22.6 Å². The van der Waals surface area contributed by atoms with E-state index in [1.54, 1.807) is 0 Å². The average Bonchev–Trinajstić information content (AvgIpc) is 2.47. The normalized spacial score (nSPS) is 16.9. The molecule has 1 aromatic carbocycles. The van der Waals surface area contributed by atoms with Crippen LogP contribution in [0.25, 0.3) is 17.0 Å². The molecule has 92 valence electrons. The van der Waals surface area contributed by atoms with Crippen molar-refractivity contribution < 1.29 is 4.74 Å². The minimum Gasteiger partial charge on any atom is -0.381 e. The zero-order valence-corrected chi connectivity index (χ0v) is 10.3. The van der Waals surface area contributed by atoms with Crippen molar-refractivity contribution in [3.63, 3.8) is 0 Å². The van der Waals surface area contributed by atoms with Gasteiger partial charge in [-0.05, 0) is 30.5 Å². The molecule has 2 aromatic rings. The van der Waals surface area contributed by atoms with Crippen LogP contribution in [0.2, 0.25) is 0 Å². The van der Waals surface area contributed by atoms with Crippen LogP contribution in [0.1, 0.15) is 30.1 Å². The lowest BCUT2D eigenvalue weighted by Gasteiger charge is -2.20. The first-order valence-corrected chi connectivity index (χ1v) is 6.34. The van der Waals surface area contributed by atoms with Gasteiger partial charge in [-0.25, -0.2) is 9.97 Å². The summed E-state index contributed by atoms with van der Waals surface area (Å²) in [6.07, 6.45) is 5.80. The minimum absolute atomic E-state index is 0.447. The Bertz CT molecular complexity index is 574. The molecule has 18 heavy (non-hydrogen) atoms. The van der Waals surface area contributed by atoms with Crippen molar-refractivity contribution in [2.45, 2.75) is 18.8 Å². The first kappa shape index (κ1) is 11.4. The smallest absolute Gasteiger partial charge is 0.132 e. The van der Waals surface area contributed by atoms with Gasteiger partial charge in [0.2, 0.25) is 0 Å². The SMILES string of the molecule is C=Cc1ccc2nc(C3CCOCC3)ncc2c1. The largest absolute Gasteiger partial charge is 0.381 e. The molecule has 0 atom stereocenters. The van der Waals surface area contributed by atoms with Crippen molar-refractivity contribution in [3.05, 3.63) is 42.4 Å². The van der Waals surface area contributed by atoms with Crippen molar-refractivity contribution >= 4 is 17.0 Å². The van der Waals surface area contributed by atoms with Crippen LogP contribution >= 0.6 is 0 Å². The summed E-state index contributed by atoms with van der Waals surface area (Å²) in [5, 5.41) is 1.07. The molecule has 0 amide bonds. The van der Waals surface area contributed by atoms with E-state index in [-0.39, 0.29) is 0 Å². The first-order chi connectivity index (χ1) is 8.86. The number of aromatic nitrogens is 2. The molecule has 1 fully saturated rings. The number of fused-ring (bicyclic) bond motifs is 1. The highest BCUT2D eigenvalue weighted by Crippen LogP contribution is 2.25. The third kappa shape index (κ3) is 2.14. The third-order valence-electron chi connectivity index (χ3n) is 3.44. The topological polar surface area (TPSA) is 35.0 Å². The lowest BCUT2D eigenvalue weighted by atomic mass is 9.99. The van der Waals surface area contributed by atoms with Crippen molar-refractivity contribution in [2.75, 3.05) is 13.2 Å². The van der Waals surface area contributed by atoms with Gasteiger partial charge in [-0.15, -0.1) is 0 Å². The molecule has 0 spiro atoms. The van der Waals surface area contributed by atoms with Crippen LogP contribution < -0.4 is 0 Å². The summed E-state index contributed by atoms with van der Waals surface area (Å²) < 4.78 is 5.37. The molecule has 1 aromatic heterocycles. The van der Waals surface area contributed by atoms with Crippen LogP contribution in [0.4, 0.5) is 0 Å². The number of nitrogens with zero attached hydrogens (tertiary/aromatic N) is 2. The maximum Gasteiger partial charge on any atom is 0.132 e. The minimum atomic E-state index is 0.447. The summed E-state index contributed by atoms with van der Waals surface area (Å²) in [6, 6.07) is 6.14. The fourth-order valence-electron chi connectivity index (χ4n) is 2.35. The molecule has 0 bridgehead atoms. The predicted octanol–water partition coefficient (Wildman–Crippen LogP) is 3.17. The number of hydrogen-bond acceptors (Lipinski definition) is 3. The zero-order chi connectivity index (χ0) is 12.4. The molecule has 0 N–H and O–H groups in total. The van der Waals surface area contributed by atoms with Crippen LogP contribution in [-0.2, 0) is 4.74 Å². The Kier molecular flexibility index (Phi) is 3.07. The highest BCUT2D eigenvalue weighted by molar-refractivity contribution is 5.80. The molecule has 0 aliphatic carbocycles. The van der Waals surface area contributed by atoms with E-state index in [0.29, 0.717) is 5.92 Å². The van der Waals surface area contributed by atoms with E-state index in [4.69, 9.17) is 4.74 Å². The molecule has 0 saturated carbocycles. The summed E-state index contributed by atoms with van der Waals surface area (Å²) in [6.45, 7) is 5.42. The Morgan fingerprint density at radius 1 is 1.28 bits per heavy atom. The molecule has 1 aliphatic heterocycles. The number of benzene rings is 1. The van der Waals surface area contributed by atoms with Crippen molar-refractivity contribution in [1.29, 1.82) is 0 Å². The Morgan fingerprint density at radius 2 is 2.11 bits per heavy atom. The Labute approximate surface area is 107 Å². The number of ether oxygens (including phenoxy) is 1. The van der Waals surface area contributed by atoms with Crippen molar-refractivity contribution in [1.82, 2.24) is 9.97 Å². The van der Waals surface area contributed by atoms with Gasteiger partial charge < -0.3 is 4.74 Å². The first-order valence-electron chi connectivity index (χ1n) is 6.34. The maximum atomic E-state index is 5.37. The van der Waals surface area contributed by atoms with Crippen LogP contribution in [0, 0.1) is 0 Å². The highest BCUT2D eigenvalue weighted by Gasteiger charge is 2.18. The Morgan fingerprint density at radius 3 is 2.89 bits per heavy atom. The van der Waals surface area contributed by atoms with Crippen LogP contribution in [0.15, 0.2) is 31.0 Å². The van der Waals surface area contributed by atoms with E-state index < -0.39 is 0 Å². The van der Waals surface area contributed by atoms with Gasteiger partial charge in [-0.1, -0.05) is 18.7 Å². The fraction of sp³-hybridized carbons (Fsp3) is 0.333. The molecule has 0 radical (unpaired) electrons. The molecule has 2 heterocycles. The van der Waals surface area contributed by atoms with Crippen LogP contribution in [0.5, 0.6) is 0 Å². The average molecular weight is 240 g/mol. The summed E-state index contributed by atoms with van der Waals surface area (Å²) in [5.41, 5.74) is 2.11. The molecular formula is C15H16N2O. The Hall–Kier alpha value is -1.74. The van der Waals surface area contributed by atoms with E-state index in [1.165, 1.54) is 0 Å². The van der Waals surface area contributed by atoms with E-state index in [0.717, 1.165) is 48.3 Å². The molecule has 1 aliphatic rings. The van der Waals surface area contributed by atoms with E-state index in [1.807, 2.05) is 24.4 Å². The second-order valence-electron chi connectivity index (χ2n) is 4.64. The van der Waals surface area contributed by atoms with Gasteiger partial charge in [0.25, 0.3) is 0 Å².